The molecule has 0 aliphatic rings. The average molecular weight is 183 g/mol. The Morgan fingerprint density at radius 3 is 1.73 bits per heavy atom. The summed E-state index contributed by atoms with van der Waals surface area (Å²) in [5.41, 5.74) is 0. The molecular formula is C3H5N2O5S-. The maximum atomic E-state index is 9.44. The maximum absolute atomic E-state index is 9.44. The molecule has 1 atom stereocenters. The zero-order valence-corrected chi connectivity index (χ0v) is 5.89. The number of nitrogens with one attached hydrogen (secondary N) is 2. The molecule has 0 saturated heterocycles. The lowest BCUT2D eigenvalue weighted by Gasteiger charge is -1.96. The Balaban J connectivity index is 0. The van der Waals surface area contributed by atoms with Crippen molar-refractivity contribution in [1.82, 2.24) is 10.0 Å². The second kappa shape index (κ2) is 11.5. The van der Waals surface area contributed by atoms with Crippen LogP contribution in [0, 0.1) is 0 Å². The van der Waals surface area contributed by atoms with Crippen molar-refractivity contribution in [3.63, 3.8) is 0 Å². The van der Waals surface area contributed by atoms with Crippen molar-refractivity contribution in [1.29, 1.82) is 0 Å². The summed E-state index contributed by atoms with van der Waals surface area (Å²) in [6.07, 6.45) is 0.0864. The predicted molar refractivity (Wildman–Crippen MR) is 33.4 cm³/mol. The molecule has 0 radical (unpaired) electrons. The van der Waals surface area contributed by atoms with Crippen LogP contribution in [0.4, 0.5) is 0 Å². The molecule has 0 fully saturated rings. The Labute approximate surface area is 67.5 Å². The summed E-state index contributed by atoms with van der Waals surface area (Å²) in [6, 6.07) is 0. The van der Waals surface area contributed by atoms with E-state index in [9.17, 15) is 23.1 Å². The summed E-state index contributed by atoms with van der Waals surface area (Å²) in [7, 11) is 0. The molecule has 1 unspecified atom stereocenters. The molecule has 0 aliphatic carbocycles. The Bertz CT molecular complexity index is 194. The second-order valence-electron chi connectivity index (χ2n) is 0.788. The van der Waals surface area contributed by atoms with E-state index in [1.807, 2.05) is 0 Å². The van der Waals surface area contributed by atoms with Crippen molar-refractivity contribution >= 4 is 30.5 Å². The first-order chi connectivity index (χ1) is 5.99. The molecule has 0 aromatic heterocycles. The first-order valence-corrected chi connectivity index (χ1v) is 3.03. The van der Waals surface area contributed by atoms with Gasteiger partial charge in [0.15, 0.2) is 2.82 Å². The average Bonchev–Trinajstić information content (AvgIpc) is 2.16. The van der Waals surface area contributed by atoms with Gasteiger partial charge in [-0.3, -0.25) is 23.3 Å². The van der Waals surface area contributed by atoms with Gasteiger partial charge in [-0.25, -0.2) is 0 Å². The van der Waals surface area contributed by atoms with E-state index in [1.165, 1.54) is 0 Å². The van der Waals surface area contributed by atoms with Gasteiger partial charge < -0.3 is 9.86 Å². The third-order valence-electron chi connectivity index (χ3n) is 0.251. The van der Waals surface area contributed by atoms with Crippen LogP contribution < -0.4 is 10.0 Å². The molecule has 64 valence electrons. The fraction of sp³-hybridized carbons (Fsp3) is 0. The van der Waals surface area contributed by atoms with Crippen molar-refractivity contribution in [2.45, 2.75) is 0 Å². The lowest BCUT2D eigenvalue weighted by molar-refractivity contribution is -0.117. The number of carbonyl (C=O) groups excluding carboxylic acids is 3. The number of imide groups is 1. The summed E-state index contributed by atoms with van der Waals surface area (Å²) < 4.78 is 30.9. The highest BCUT2D eigenvalue weighted by molar-refractivity contribution is 7.77. The smallest absolute Gasteiger partial charge is 0.217 e. The van der Waals surface area contributed by atoms with Gasteiger partial charge in [0.2, 0.25) is 19.2 Å². The molecule has 0 aliphatic heterocycles. The zero-order chi connectivity index (χ0) is 10.9. The van der Waals surface area contributed by atoms with E-state index in [0.29, 0.717) is 0 Å². The van der Waals surface area contributed by atoms with E-state index in [4.69, 9.17) is 2.82 Å². The fourth-order valence-electron chi connectivity index (χ4n) is 0.0600. The minimum atomic E-state index is -2.73. The normalized spacial score (nSPS) is 12.1. The van der Waals surface area contributed by atoms with Crippen LogP contribution in [0.15, 0.2) is 0 Å². The molecule has 7 nitrogen and oxygen atoms in total. The molecular weight excluding hydrogens is 176 g/mol. The lowest BCUT2D eigenvalue weighted by Crippen LogP contribution is -2.12. The molecule has 0 rings (SSSR count). The topological polar surface area (TPSA) is 115 Å². The molecule has 0 saturated carbocycles. The lowest BCUT2D eigenvalue weighted by atomic mass is 11.2. The van der Waals surface area contributed by atoms with Gasteiger partial charge in [-0.05, 0) is 0 Å². The SMILES string of the molecule is [2H]N(C=O)C=O.[2H]N(C=O)S(=O)[O-]. The summed E-state index contributed by atoms with van der Waals surface area (Å²) in [4.78, 5) is 27.8. The van der Waals surface area contributed by atoms with Crippen molar-refractivity contribution in [2.75, 3.05) is 0 Å². The summed E-state index contributed by atoms with van der Waals surface area (Å²) in [5, 5.41) is 0.139. The summed E-state index contributed by atoms with van der Waals surface area (Å²) in [5.74, 6) is 0. The van der Waals surface area contributed by atoms with E-state index >= 15 is 0 Å². The Hall–Kier alpha value is -1.28. The van der Waals surface area contributed by atoms with Crippen LogP contribution in [0.25, 0.3) is 0 Å². The standard InChI is InChI=1S/C2H3NO2.CH3NO3S/c4-1-3-2-5;3-1-2-6(4)5/h1-2H,(H,3,4,5);1H,(H,2,3)(H,4,5)/p-1/i/hD2. The van der Waals surface area contributed by atoms with E-state index in [-0.39, 0.29) is 29.3 Å². The van der Waals surface area contributed by atoms with Crippen LogP contribution >= 0.6 is 0 Å². The van der Waals surface area contributed by atoms with E-state index in [1.54, 1.807) is 0 Å². The van der Waals surface area contributed by atoms with Gasteiger partial charge in [-0.2, -0.15) is 0 Å². The predicted octanol–water partition coefficient (Wildman–Crippen LogP) is -2.58. The van der Waals surface area contributed by atoms with Gasteiger partial charge in [0, 0.05) is 11.3 Å². The highest BCUT2D eigenvalue weighted by Crippen LogP contribution is 1.49. The molecule has 2 N–H and O–H groups in total. The van der Waals surface area contributed by atoms with Gasteiger partial charge in [0.1, 0.15) is 0 Å². The summed E-state index contributed by atoms with van der Waals surface area (Å²) in [6.45, 7) is 0. The molecule has 3 amide bonds. The quantitative estimate of drug-likeness (QED) is 0.366. The molecule has 0 aromatic rings. The minimum Gasteiger partial charge on any atom is -0.755 e. The van der Waals surface area contributed by atoms with E-state index < -0.39 is 11.3 Å². The first kappa shape index (κ1) is 7.82. The van der Waals surface area contributed by atoms with Crippen LogP contribution in [0.2, 0.25) is 2.82 Å². The highest BCUT2D eigenvalue weighted by atomic mass is 32.2. The Morgan fingerprint density at radius 2 is 1.73 bits per heavy atom. The molecule has 0 heterocycles. The zero-order valence-electron chi connectivity index (χ0n) is 7.08. The number of hydrogen-bond acceptors (Lipinski definition) is 5. The third-order valence-corrected chi connectivity index (χ3v) is 0.509. The number of hydrogen-bond donors (Lipinski definition) is 2. The van der Waals surface area contributed by atoms with Crippen molar-refractivity contribution in [2.24, 2.45) is 0 Å². The second-order valence-corrected chi connectivity index (χ2v) is 1.43. The van der Waals surface area contributed by atoms with Crippen LogP contribution in [0.5, 0.6) is 0 Å². The van der Waals surface area contributed by atoms with Gasteiger partial charge >= 0.3 is 0 Å². The van der Waals surface area contributed by atoms with Crippen molar-refractivity contribution in [3.8, 4) is 0 Å². The van der Waals surface area contributed by atoms with Gasteiger partial charge in [0.05, 0.1) is 0 Å². The Kier molecular flexibility index (Phi) is 8.18. The van der Waals surface area contributed by atoms with Gasteiger partial charge in [-0.15, -0.1) is 0 Å². The van der Waals surface area contributed by atoms with Crippen molar-refractivity contribution in [3.05, 3.63) is 0 Å². The van der Waals surface area contributed by atoms with Crippen LogP contribution in [0.1, 0.15) is 0 Å². The highest BCUT2D eigenvalue weighted by Gasteiger charge is 1.65. The van der Waals surface area contributed by atoms with Crippen molar-refractivity contribution < 1.29 is 26.0 Å². The molecule has 0 aromatic carbocycles. The van der Waals surface area contributed by atoms with E-state index in [2.05, 4.69) is 0 Å². The van der Waals surface area contributed by atoms with Crippen LogP contribution in [-0.2, 0) is 25.7 Å². The van der Waals surface area contributed by atoms with Crippen LogP contribution in [-0.4, -0.2) is 28.0 Å². The third kappa shape index (κ3) is 28.5. The molecule has 8 heteroatoms. The molecule has 11 heavy (non-hydrogen) atoms. The van der Waals surface area contributed by atoms with Crippen LogP contribution in [0.3, 0.4) is 0 Å². The summed E-state index contributed by atoms with van der Waals surface area (Å²) >= 11 is -2.73. The monoisotopic (exact) mass is 183 g/mol. The number of rotatable bonds is 4. The number of amides is 3. The molecule has 0 spiro atoms. The molecule has 0 bridgehead atoms. The maximum Gasteiger partial charge on any atom is 0.217 e. The fourth-order valence-corrected chi connectivity index (χ4v) is 0.130. The van der Waals surface area contributed by atoms with Gasteiger partial charge in [-0.1, -0.05) is 0 Å². The largest absolute Gasteiger partial charge is 0.755 e. The number of carbonyl (C=O) groups is 3. The Morgan fingerprint density at radius 1 is 1.27 bits per heavy atom. The van der Waals surface area contributed by atoms with Gasteiger partial charge in [0.25, 0.3) is 0 Å². The minimum absolute atomic E-state index is 0.104. The van der Waals surface area contributed by atoms with E-state index in [0.717, 1.165) is 0 Å². The first-order valence-electron chi connectivity index (χ1n) is 2.89.